The first-order valence-corrected chi connectivity index (χ1v) is 10.2. The minimum absolute atomic E-state index is 0.283. The molecule has 3 aliphatic rings. The van der Waals surface area contributed by atoms with Gasteiger partial charge in [-0.15, -0.1) is 11.3 Å². The smallest absolute Gasteiger partial charge is 0.107 e. The maximum Gasteiger partial charge on any atom is 0.107 e. The van der Waals surface area contributed by atoms with Crippen molar-refractivity contribution in [2.75, 3.05) is 33.0 Å². The van der Waals surface area contributed by atoms with E-state index in [1.807, 2.05) is 6.20 Å². The number of rotatable bonds is 6. The van der Waals surface area contributed by atoms with E-state index in [2.05, 4.69) is 15.3 Å². The number of ether oxygens (including phenoxy) is 3. The van der Waals surface area contributed by atoms with Crippen molar-refractivity contribution in [1.29, 1.82) is 0 Å². The molecule has 3 fully saturated rings. The number of nitrogens with zero attached hydrogens (tertiary/aromatic N) is 2. The van der Waals surface area contributed by atoms with Crippen LogP contribution in [0.25, 0.3) is 0 Å². The van der Waals surface area contributed by atoms with E-state index in [0.717, 1.165) is 65.2 Å². The number of hydrogen-bond acceptors (Lipinski definition) is 6. The molecule has 24 heavy (non-hydrogen) atoms. The molecule has 134 valence electrons. The van der Waals surface area contributed by atoms with Crippen molar-refractivity contribution < 1.29 is 14.2 Å². The fourth-order valence-corrected chi connectivity index (χ4v) is 4.83. The monoisotopic (exact) mass is 352 g/mol. The Morgan fingerprint density at radius 2 is 2.08 bits per heavy atom. The molecule has 0 unspecified atom stereocenters. The fraction of sp³-hybridized carbons (Fsp3) is 0.833. The van der Waals surface area contributed by atoms with Gasteiger partial charge in [-0.05, 0) is 38.0 Å². The number of likely N-dealkylation sites (tertiary alicyclic amines) is 1. The summed E-state index contributed by atoms with van der Waals surface area (Å²) < 4.78 is 17.7. The van der Waals surface area contributed by atoms with Crippen LogP contribution in [-0.4, -0.2) is 61.1 Å². The van der Waals surface area contributed by atoms with Crippen LogP contribution in [0.4, 0.5) is 0 Å². The van der Waals surface area contributed by atoms with E-state index in [0.29, 0.717) is 18.1 Å². The van der Waals surface area contributed by atoms with Gasteiger partial charge in [0.05, 0.1) is 25.4 Å². The zero-order chi connectivity index (χ0) is 16.2. The van der Waals surface area contributed by atoms with Crippen molar-refractivity contribution >= 4 is 11.3 Å². The first-order chi connectivity index (χ1) is 11.9. The van der Waals surface area contributed by atoms with Crippen LogP contribution in [0.5, 0.6) is 0 Å². The summed E-state index contributed by atoms with van der Waals surface area (Å²) in [6, 6.07) is 0.570. The number of hydrogen-bond donors (Lipinski definition) is 0. The van der Waals surface area contributed by atoms with Crippen LogP contribution in [0.3, 0.4) is 0 Å². The molecule has 0 amide bonds. The first kappa shape index (κ1) is 16.9. The molecule has 1 aromatic heterocycles. The fourth-order valence-electron chi connectivity index (χ4n) is 4.19. The summed E-state index contributed by atoms with van der Waals surface area (Å²) in [4.78, 5) is 6.98. The van der Waals surface area contributed by atoms with Gasteiger partial charge in [0.1, 0.15) is 5.01 Å². The Labute approximate surface area is 148 Å². The van der Waals surface area contributed by atoms with Crippen LogP contribution in [0, 0.1) is 5.92 Å². The number of thiazole rings is 1. The van der Waals surface area contributed by atoms with Gasteiger partial charge in [0.25, 0.3) is 0 Å². The molecule has 1 aromatic rings. The topological polar surface area (TPSA) is 43.8 Å². The normalized spacial score (nSPS) is 32.1. The highest BCUT2D eigenvalue weighted by Gasteiger charge is 2.39. The van der Waals surface area contributed by atoms with Crippen molar-refractivity contribution in [3.8, 4) is 0 Å². The highest BCUT2D eigenvalue weighted by molar-refractivity contribution is 7.09. The summed E-state index contributed by atoms with van der Waals surface area (Å²) in [7, 11) is 0. The van der Waals surface area contributed by atoms with Crippen molar-refractivity contribution in [2.45, 2.75) is 56.9 Å². The summed E-state index contributed by atoms with van der Waals surface area (Å²) in [6.07, 6.45) is 8.33. The molecule has 0 bridgehead atoms. The van der Waals surface area contributed by atoms with Crippen LogP contribution in [-0.2, 0) is 20.8 Å². The average molecular weight is 353 g/mol. The van der Waals surface area contributed by atoms with Crippen LogP contribution >= 0.6 is 11.3 Å². The Hall–Kier alpha value is -0.530. The number of fused-ring (bicyclic) bond motifs is 1. The van der Waals surface area contributed by atoms with E-state index in [1.54, 1.807) is 11.3 Å². The lowest BCUT2D eigenvalue weighted by Crippen LogP contribution is -2.43. The predicted molar refractivity (Wildman–Crippen MR) is 93.2 cm³/mol. The third-order valence-corrected chi connectivity index (χ3v) is 6.34. The van der Waals surface area contributed by atoms with Crippen molar-refractivity contribution in [1.82, 2.24) is 9.88 Å². The van der Waals surface area contributed by atoms with E-state index < -0.39 is 0 Å². The Morgan fingerprint density at radius 1 is 1.17 bits per heavy atom. The predicted octanol–water partition coefficient (Wildman–Crippen LogP) is 2.71. The molecule has 5 nitrogen and oxygen atoms in total. The lowest BCUT2D eigenvalue weighted by Gasteiger charge is -2.36. The van der Waals surface area contributed by atoms with Crippen molar-refractivity contribution in [2.24, 2.45) is 5.92 Å². The van der Waals surface area contributed by atoms with Crippen molar-refractivity contribution in [3.05, 3.63) is 16.6 Å². The van der Waals surface area contributed by atoms with Gasteiger partial charge in [-0.2, -0.15) is 0 Å². The Balaban J connectivity index is 1.19. The second-order valence-electron chi connectivity index (χ2n) is 7.22. The first-order valence-electron chi connectivity index (χ1n) is 9.32. The van der Waals surface area contributed by atoms with Crippen LogP contribution in [0.2, 0.25) is 0 Å². The second kappa shape index (κ2) is 8.23. The maximum absolute atomic E-state index is 6.34. The summed E-state index contributed by atoms with van der Waals surface area (Å²) in [5.41, 5.74) is 0. The highest BCUT2D eigenvalue weighted by atomic mass is 32.1. The lowest BCUT2D eigenvalue weighted by molar-refractivity contribution is -0.105. The van der Waals surface area contributed by atoms with E-state index >= 15 is 0 Å². The number of aromatic nitrogens is 1. The molecule has 6 heteroatoms. The van der Waals surface area contributed by atoms with E-state index in [1.165, 1.54) is 11.4 Å². The molecule has 0 saturated carbocycles. The molecule has 0 N–H and O–H groups in total. The SMILES string of the molecule is c1csc(CN2CC[C@H]3O[C@@H](COCC4CCOCC4)CC[C@H]32)n1. The van der Waals surface area contributed by atoms with E-state index in [4.69, 9.17) is 14.2 Å². The van der Waals surface area contributed by atoms with Crippen LogP contribution < -0.4 is 0 Å². The van der Waals surface area contributed by atoms with Gasteiger partial charge in [0.2, 0.25) is 0 Å². The van der Waals surface area contributed by atoms with Crippen LogP contribution in [0.15, 0.2) is 11.6 Å². The molecule has 4 rings (SSSR count). The summed E-state index contributed by atoms with van der Waals surface area (Å²) >= 11 is 1.75. The Kier molecular flexibility index (Phi) is 5.80. The molecule has 0 aromatic carbocycles. The third-order valence-electron chi connectivity index (χ3n) is 5.57. The Morgan fingerprint density at radius 3 is 2.92 bits per heavy atom. The van der Waals surface area contributed by atoms with Gasteiger partial charge < -0.3 is 14.2 Å². The molecule has 0 radical (unpaired) electrons. The Bertz CT molecular complexity index is 492. The zero-order valence-corrected chi connectivity index (χ0v) is 15.1. The van der Waals surface area contributed by atoms with Gasteiger partial charge in [-0.25, -0.2) is 4.98 Å². The van der Waals surface area contributed by atoms with Crippen LogP contribution in [0.1, 0.15) is 37.1 Å². The molecule has 4 heterocycles. The molecular formula is C18H28N2O3S. The molecule has 3 atom stereocenters. The molecule has 3 saturated heterocycles. The van der Waals surface area contributed by atoms with Crippen molar-refractivity contribution in [3.63, 3.8) is 0 Å². The maximum atomic E-state index is 6.34. The minimum atomic E-state index is 0.283. The second-order valence-corrected chi connectivity index (χ2v) is 8.20. The third kappa shape index (κ3) is 4.17. The van der Waals surface area contributed by atoms with Gasteiger partial charge in [0.15, 0.2) is 0 Å². The molecule has 3 aliphatic heterocycles. The summed E-state index contributed by atoms with van der Waals surface area (Å²) in [5, 5.41) is 3.28. The van der Waals surface area contributed by atoms with E-state index in [9.17, 15) is 0 Å². The molecule has 0 spiro atoms. The molecule has 0 aliphatic carbocycles. The standard InChI is InChI=1S/C18H28N2O3S/c1-2-16-17(3-7-20(16)11-18-19-6-10-24-18)23-15(1)13-22-12-14-4-8-21-9-5-14/h6,10,14-17H,1-5,7-9,11-13H2/t15-,16-,17-/m1/s1. The molecular weight excluding hydrogens is 324 g/mol. The van der Waals surface area contributed by atoms with E-state index in [-0.39, 0.29) is 6.10 Å². The van der Waals surface area contributed by atoms with Gasteiger partial charge >= 0.3 is 0 Å². The average Bonchev–Trinajstić information content (AvgIpc) is 3.26. The van der Waals surface area contributed by atoms with Gasteiger partial charge in [-0.3, -0.25) is 4.90 Å². The lowest BCUT2D eigenvalue weighted by atomic mass is 9.99. The minimum Gasteiger partial charge on any atom is -0.381 e. The van der Waals surface area contributed by atoms with Gasteiger partial charge in [0, 0.05) is 44.0 Å². The summed E-state index contributed by atoms with van der Waals surface area (Å²) in [6.45, 7) is 5.53. The zero-order valence-electron chi connectivity index (χ0n) is 14.3. The largest absolute Gasteiger partial charge is 0.381 e. The quantitative estimate of drug-likeness (QED) is 0.788. The summed E-state index contributed by atoms with van der Waals surface area (Å²) in [5.74, 6) is 0.676. The highest BCUT2D eigenvalue weighted by Crippen LogP contribution is 2.32. The van der Waals surface area contributed by atoms with Gasteiger partial charge in [-0.1, -0.05) is 0 Å².